The first-order chi connectivity index (χ1) is 14.8. The lowest BCUT2D eigenvalue weighted by Gasteiger charge is -2.17. The van der Waals surface area contributed by atoms with Gasteiger partial charge in [0, 0.05) is 17.8 Å². The van der Waals surface area contributed by atoms with Gasteiger partial charge >= 0.3 is 5.97 Å². The van der Waals surface area contributed by atoms with Crippen molar-refractivity contribution < 1.29 is 14.3 Å². The minimum atomic E-state index is -0.449. The molecule has 0 unspecified atom stereocenters. The third kappa shape index (κ3) is 5.36. The number of carbonyl (C=O) groups excluding carboxylic acids is 2. The molecule has 0 fully saturated rings. The molecule has 0 saturated carbocycles. The number of benzene rings is 1. The first-order valence-corrected chi connectivity index (χ1v) is 10.3. The molecule has 0 aliphatic heterocycles. The van der Waals surface area contributed by atoms with Gasteiger partial charge in [-0.3, -0.25) is 9.59 Å². The van der Waals surface area contributed by atoms with Crippen LogP contribution in [-0.2, 0) is 20.7 Å². The fourth-order valence-corrected chi connectivity index (χ4v) is 3.49. The van der Waals surface area contributed by atoms with Gasteiger partial charge in [-0.05, 0) is 44.7 Å². The topological polar surface area (TPSA) is 124 Å². The fourth-order valence-electron chi connectivity index (χ4n) is 3.49. The van der Waals surface area contributed by atoms with E-state index in [4.69, 9.17) is 10.5 Å². The summed E-state index contributed by atoms with van der Waals surface area (Å²) < 4.78 is 6.73. The number of fused-ring (bicyclic) bond motifs is 1. The van der Waals surface area contributed by atoms with Gasteiger partial charge in [-0.1, -0.05) is 36.8 Å². The number of aromatic nitrogens is 4. The molecule has 3 aromatic rings. The summed E-state index contributed by atoms with van der Waals surface area (Å²) in [6.45, 7) is 7.42. The standard InChI is InChI=1S/C22H28N6O3/c1-5-18(16-8-6-13(2)7-9-16)25-19(29)12-31-20(30)11-10-17-14(3)24-22-26-21(23)27-28(22)15(17)4/h6-9,18H,5,10-12H2,1-4H3,(H2,23,27)(H,25,29)/t18-/m1/s1. The van der Waals surface area contributed by atoms with E-state index in [-0.39, 0.29) is 30.9 Å². The molecule has 9 nitrogen and oxygen atoms in total. The summed E-state index contributed by atoms with van der Waals surface area (Å²) in [6.07, 6.45) is 1.28. The number of rotatable bonds is 8. The van der Waals surface area contributed by atoms with Crippen molar-refractivity contribution in [3.63, 3.8) is 0 Å². The fraction of sp³-hybridized carbons (Fsp3) is 0.409. The molecule has 164 valence electrons. The molecule has 9 heteroatoms. The zero-order valence-corrected chi connectivity index (χ0v) is 18.3. The monoisotopic (exact) mass is 424 g/mol. The number of nitrogen functional groups attached to an aromatic ring is 1. The summed E-state index contributed by atoms with van der Waals surface area (Å²) >= 11 is 0. The van der Waals surface area contributed by atoms with Crippen LogP contribution in [0.15, 0.2) is 24.3 Å². The van der Waals surface area contributed by atoms with Crippen molar-refractivity contribution in [3.8, 4) is 0 Å². The van der Waals surface area contributed by atoms with Crippen LogP contribution in [-0.4, -0.2) is 38.1 Å². The highest BCUT2D eigenvalue weighted by Crippen LogP contribution is 2.18. The molecule has 0 saturated heterocycles. The molecule has 2 heterocycles. The summed E-state index contributed by atoms with van der Waals surface area (Å²) in [6, 6.07) is 7.88. The molecule has 0 aliphatic carbocycles. The predicted octanol–water partition coefficient (Wildman–Crippen LogP) is 2.38. The summed E-state index contributed by atoms with van der Waals surface area (Å²) in [5.74, 6) is -0.201. The van der Waals surface area contributed by atoms with Crippen LogP contribution >= 0.6 is 0 Å². The number of nitrogens with one attached hydrogen (secondary N) is 1. The van der Waals surface area contributed by atoms with Gasteiger partial charge in [0.15, 0.2) is 6.61 Å². The quantitative estimate of drug-likeness (QED) is 0.532. The Hall–Kier alpha value is -3.49. The zero-order valence-electron chi connectivity index (χ0n) is 18.3. The van der Waals surface area contributed by atoms with Crippen molar-refractivity contribution in [2.45, 2.75) is 53.0 Å². The molecule has 3 N–H and O–H groups in total. The normalized spacial score (nSPS) is 12.0. The number of amides is 1. The molecule has 3 rings (SSSR count). The number of esters is 1. The summed E-state index contributed by atoms with van der Waals surface area (Å²) in [7, 11) is 0. The van der Waals surface area contributed by atoms with E-state index in [0.29, 0.717) is 12.2 Å². The minimum Gasteiger partial charge on any atom is -0.456 e. The lowest BCUT2D eigenvalue weighted by molar-refractivity contribution is -0.148. The SMILES string of the molecule is CC[C@@H](NC(=O)COC(=O)CCc1c(C)nc2nc(N)nn2c1C)c1ccc(C)cc1. The molecule has 2 aromatic heterocycles. The molecule has 31 heavy (non-hydrogen) atoms. The maximum Gasteiger partial charge on any atom is 0.306 e. The Morgan fingerprint density at radius 2 is 1.87 bits per heavy atom. The van der Waals surface area contributed by atoms with E-state index < -0.39 is 5.97 Å². The van der Waals surface area contributed by atoms with E-state index in [0.717, 1.165) is 34.5 Å². The van der Waals surface area contributed by atoms with Crippen LogP contribution in [0.5, 0.6) is 0 Å². The molecule has 0 bridgehead atoms. The minimum absolute atomic E-state index is 0.120. The van der Waals surface area contributed by atoms with Crippen LogP contribution in [0.2, 0.25) is 0 Å². The van der Waals surface area contributed by atoms with Crippen molar-refractivity contribution in [2.75, 3.05) is 12.3 Å². The Kier molecular flexibility index (Phi) is 6.84. The highest BCUT2D eigenvalue weighted by molar-refractivity contribution is 5.81. The van der Waals surface area contributed by atoms with Gasteiger partial charge in [-0.15, -0.1) is 5.10 Å². The second-order valence-electron chi connectivity index (χ2n) is 7.54. The number of aryl methyl sites for hydroxylation is 3. The van der Waals surface area contributed by atoms with Gasteiger partial charge in [-0.2, -0.15) is 9.50 Å². The van der Waals surface area contributed by atoms with E-state index in [1.54, 1.807) is 4.52 Å². The number of hydrogen-bond donors (Lipinski definition) is 2. The van der Waals surface area contributed by atoms with Gasteiger partial charge in [0.25, 0.3) is 11.7 Å². The third-order valence-corrected chi connectivity index (χ3v) is 5.23. The molecule has 0 radical (unpaired) electrons. The largest absolute Gasteiger partial charge is 0.456 e. The van der Waals surface area contributed by atoms with Crippen LogP contribution in [0.25, 0.3) is 5.78 Å². The first-order valence-electron chi connectivity index (χ1n) is 10.3. The average molecular weight is 425 g/mol. The number of ether oxygens (including phenoxy) is 1. The molecule has 1 aromatic carbocycles. The smallest absolute Gasteiger partial charge is 0.306 e. The van der Waals surface area contributed by atoms with Crippen LogP contribution in [0, 0.1) is 20.8 Å². The number of nitrogens with two attached hydrogens (primary N) is 1. The van der Waals surface area contributed by atoms with Crippen LogP contribution in [0.1, 0.15) is 53.9 Å². The molecule has 1 atom stereocenters. The average Bonchev–Trinajstić information content (AvgIpc) is 3.11. The van der Waals surface area contributed by atoms with E-state index in [2.05, 4.69) is 20.4 Å². The molecular formula is C22H28N6O3. The number of carbonyl (C=O) groups is 2. The Bertz CT molecular complexity index is 1090. The second kappa shape index (κ2) is 9.55. The highest BCUT2D eigenvalue weighted by atomic mass is 16.5. The van der Waals surface area contributed by atoms with Crippen LogP contribution < -0.4 is 11.1 Å². The lowest BCUT2D eigenvalue weighted by atomic mass is 10.0. The van der Waals surface area contributed by atoms with E-state index in [1.807, 2.05) is 52.0 Å². The Morgan fingerprint density at radius 1 is 1.16 bits per heavy atom. The number of nitrogens with zero attached hydrogens (tertiary/aromatic N) is 4. The summed E-state index contributed by atoms with van der Waals surface area (Å²) in [5, 5.41) is 7.03. The zero-order chi connectivity index (χ0) is 22.5. The Labute approximate surface area is 181 Å². The molecule has 1 amide bonds. The van der Waals surface area contributed by atoms with Crippen molar-refractivity contribution in [1.82, 2.24) is 24.9 Å². The molecular weight excluding hydrogens is 396 g/mol. The van der Waals surface area contributed by atoms with E-state index in [9.17, 15) is 9.59 Å². The first kappa shape index (κ1) is 22.2. The lowest BCUT2D eigenvalue weighted by Crippen LogP contribution is -2.32. The highest BCUT2D eigenvalue weighted by Gasteiger charge is 2.16. The Balaban J connectivity index is 1.52. The van der Waals surface area contributed by atoms with Crippen molar-refractivity contribution >= 4 is 23.6 Å². The van der Waals surface area contributed by atoms with E-state index >= 15 is 0 Å². The number of anilines is 1. The van der Waals surface area contributed by atoms with Gasteiger partial charge in [0.1, 0.15) is 0 Å². The van der Waals surface area contributed by atoms with Crippen molar-refractivity contribution in [2.24, 2.45) is 0 Å². The number of hydrogen-bond acceptors (Lipinski definition) is 7. The summed E-state index contributed by atoms with van der Waals surface area (Å²) in [4.78, 5) is 32.9. The van der Waals surface area contributed by atoms with E-state index in [1.165, 1.54) is 0 Å². The van der Waals surface area contributed by atoms with Gasteiger partial charge in [0.2, 0.25) is 5.95 Å². The maximum absolute atomic E-state index is 12.3. The second-order valence-corrected chi connectivity index (χ2v) is 7.54. The summed E-state index contributed by atoms with van der Waals surface area (Å²) in [5.41, 5.74) is 10.3. The third-order valence-electron chi connectivity index (χ3n) is 5.23. The Morgan fingerprint density at radius 3 is 2.55 bits per heavy atom. The molecule has 0 spiro atoms. The van der Waals surface area contributed by atoms with Crippen LogP contribution in [0.4, 0.5) is 5.95 Å². The predicted molar refractivity (Wildman–Crippen MR) is 116 cm³/mol. The van der Waals surface area contributed by atoms with Crippen molar-refractivity contribution in [3.05, 3.63) is 52.3 Å². The van der Waals surface area contributed by atoms with Crippen molar-refractivity contribution in [1.29, 1.82) is 0 Å². The van der Waals surface area contributed by atoms with Crippen LogP contribution in [0.3, 0.4) is 0 Å². The maximum atomic E-state index is 12.3. The van der Waals surface area contributed by atoms with Gasteiger partial charge in [-0.25, -0.2) is 4.98 Å². The molecule has 0 aliphatic rings. The van der Waals surface area contributed by atoms with Gasteiger partial charge in [0.05, 0.1) is 6.04 Å². The van der Waals surface area contributed by atoms with Gasteiger partial charge < -0.3 is 15.8 Å².